The molecule has 1 rings (SSSR count). The smallest absolute Gasteiger partial charge is 0.250 e. The summed E-state index contributed by atoms with van der Waals surface area (Å²) in [6.45, 7) is 7.78. The van der Waals surface area contributed by atoms with Gasteiger partial charge in [-0.05, 0) is 24.6 Å². The number of nitrogens with zero attached hydrogens (tertiary/aromatic N) is 1. The fraction of sp³-hybridized carbons (Fsp3) is 0.154. The molecule has 0 saturated heterocycles. The van der Waals surface area contributed by atoms with Gasteiger partial charge < -0.3 is 4.90 Å². The summed E-state index contributed by atoms with van der Waals surface area (Å²) in [6.07, 6.45) is 3.90. The van der Waals surface area contributed by atoms with E-state index in [0.717, 1.165) is 12.1 Å². The van der Waals surface area contributed by atoms with Gasteiger partial charge in [0, 0.05) is 12.2 Å². The Labute approximate surface area is 90.5 Å². The van der Waals surface area contributed by atoms with Crippen molar-refractivity contribution in [2.75, 3.05) is 11.4 Å². The average molecular weight is 201 g/mol. The van der Waals surface area contributed by atoms with Crippen molar-refractivity contribution >= 4 is 11.6 Å². The molecule has 0 aliphatic heterocycles. The van der Waals surface area contributed by atoms with E-state index >= 15 is 0 Å². The van der Waals surface area contributed by atoms with Crippen molar-refractivity contribution in [2.24, 2.45) is 0 Å². The highest BCUT2D eigenvalue weighted by molar-refractivity contribution is 6.00. The molecule has 1 aromatic carbocycles. The first-order valence-corrected chi connectivity index (χ1v) is 4.89. The highest BCUT2D eigenvalue weighted by atomic mass is 16.2. The lowest BCUT2D eigenvalue weighted by Crippen LogP contribution is -2.29. The molecule has 78 valence electrons. The zero-order valence-electron chi connectivity index (χ0n) is 8.73. The standard InChI is InChI=1S/C13H15NO/c1-3-5-11-14(13(15)4-2)12-9-7-6-8-10-12/h3-4,6-10H,1-2,5,11H2. The molecular formula is C13H15NO. The molecule has 0 saturated carbocycles. The molecule has 0 heterocycles. The first-order valence-electron chi connectivity index (χ1n) is 4.89. The highest BCUT2D eigenvalue weighted by Gasteiger charge is 2.10. The zero-order chi connectivity index (χ0) is 11.1. The van der Waals surface area contributed by atoms with Crippen LogP contribution in [0.5, 0.6) is 0 Å². The van der Waals surface area contributed by atoms with E-state index in [9.17, 15) is 4.79 Å². The molecule has 0 fully saturated rings. The molecular weight excluding hydrogens is 186 g/mol. The molecule has 1 aromatic rings. The summed E-state index contributed by atoms with van der Waals surface area (Å²) in [4.78, 5) is 13.3. The summed E-state index contributed by atoms with van der Waals surface area (Å²) in [6, 6.07) is 9.56. The number of amides is 1. The summed E-state index contributed by atoms with van der Waals surface area (Å²) >= 11 is 0. The van der Waals surface area contributed by atoms with E-state index < -0.39 is 0 Å². The third kappa shape index (κ3) is 3.09. The molecule has 2 heteroatoms. The SMILES string of the molecule is C=CCCN(C(=O)C=C)c1ccccc1. The first-order chi connectivity index (χ1) is 7.29. The van der Waals surface area contributed by atoms with Gasteiger partial charge in [-0.25, -0.2) is 0 Å². The fourth-order valence-electron chi connectivity index (χ4n) is 1.31. The third-order valence-electron chi connectivity index (χ3n) is 2.07. The van der Waals surface area contributed by atoms with E-state index in [4.69, 9.17) is 0 Å². The fourth-order valence-corrected chi connectivity index (χ4v) is 1.31. The maximum absolute atomic E-state index is 11.6. The Hall–Kier alpha value is -1.83. The molecule has 0 atom stereocenters. The van der Waals surface area contributed by atoms with E-state index in [1.54, 1.807) is 11.0 Å². The Morgan fingerprint density at radius 1 is 1.27 bits per heavy atom. The van der Waals surface area contributed by atoms with Crippen molar-refractivity contribution in [1.29, 1.82) is 0 Å². The van der Waals surface area contributed by atoms with Crippen LogP contribution in [0.25, 0.3) is 0 Å². The molecule has 2 nitrogen and oxygen atoms in total. The summed E-state index contributed by atoms with van der Waals surface area (Å²) in [5, 5.41) is 0. The number of hydrogen-bond acceptors (Lipinski definition) is 1. The van der Waals surface area contributed by atoms with E-state index in [1.807, 2.05) is 30.3 Å². The Morgan fingerprint density at radius 2 is 1.93 bits per heavy atom. The molecule has 0 spiro atoms. The van der Waals surface area contributed by atoms with Gasteiger partial charge >= 0.3 is 0 Å². The van der Waals surface area contributed by atoms with Gasteiger partial charge in [0.15, 0.2) is 0 Å². The van der Waals surface area contributed by atoms with Gasteiger partial charge in [-0.3, -0.25) is 4.79 Å². The second-order valence-corrected chi connectivity index (χ2v) is 3.11. The number of rotatable bonds is 5. The summed E-state index contributed by atoms with van der Waals surface area (Å²) < 4.78 is 0. The van der Waals surface area contributed by atoms with E-state index in [-0.39, 0.29) is 5.91 Å². The van der Waals surface area contributed by atoms with Crippen LogP contribution in [0.3, 0.4) is 0 Å². The van der Waals surface area contributed by atoms with Crippen LogP contribution < -0.4 is 4.90 Å². The summed E-state index contributed by atoms with van der Waals surface area (Å²) in [5.41, 5.74) is 0.893. The monoisotopic (exact) mass is 201 g/mol. The number of anilines is 1. The normalized spacial score (nSPS) is 9.33. The molecule has 0 unspecified atom stereocenters. The van der Waals surface area contributed by atoms with Gasteiger partial charge in [0.05, 0.1) is 0 Å². The van der Waals surface area contributed by atoms with Crippen molar-refractivity contribution in [3.8, 4) is 0 Å². The minimum atomic E-state index is -0.0805. The van der Waals surface area contributed by atoms with E-state index in [2.05, 4.69) is 13.2 Å². The van der Waals surface area contributed by atoms with E-state index in [0.29, 0.717) is 6.54 Å². The second kappa shape index (κ2) is 5.81. The van der Waals surface area contributed by atoms with Crippen LogP contribution in [0.2, 0.25) is 0 Å². The molecule has 0 aliphatic rings. The van der Waals surface area contributed by atoms with Crippen LogP contribution in [-0.4, -0.2) is 12.5 Å². The maximum Gasteiger partial charge on any atom is 0.250 e. The Balaban J connectivity index is 2.85. The van der Waals surface area contributed by atoms with E-state index in [1.165, 1.54) is 6.08 Å². The van der Waals surface area contributed by atoms with Crippen molar-refractivity contribution in [3.05, 3.63) is 55.6 Å². The number of carbonyl (C=O) groups is 1. The van der Waals surface area contributed by atoms with Gasteiger partial charge in [0.25, 0.3) is 0 Å². The molecule has 0 radical (unpaired) electrons. The zero-order valence-corrected chi connectivity index (χ0v) is 8.73. The van der Waals surface area contributed by atoms with Gasteiger partial charge in [-0.15, -0.1) is 6.58 Å². The van der Waals surface area contributed by atoms with Crippen molar-refractivity contribution in [1.82, 2.24) is 0 Å². The van der Waals surface area contributed by atoms with Crippen molar-refractivity contribution in [2.45, 2.75) is 6.42 Å². The van der Waals surface area contributed by atoms with Crippen LogP contribution in [0.15, 0.2) is 55.6 Å². The topological polar surface area (TPSA) is 20.3 Å². The summed E-state index contributed by atoms with van der Waals surface area (Å²) in [7, 11) is 0. The lowest BCUT2D eigenvalue weighted by molar-refractivity contribution is -0.114. The number of carbonyl (C=O) groups excluding carboxylic acids is 1. The number of benzene rings is 1. The number of hydrogen-bond donors (Lipinski definition) is 0. The predicted molar refractivity (Wildman–Crippen MR) is 63.8 cm³/mol. The van der Waals surface area contributed by atoms with Gasteiger partial charge in [-0.1, -0.05) is 30.9 Å². The lowest BCUT2D eigenvalue weighted by atomic mass is 10.2. The highest BCUT2D eigenvalue weighted by Crippen LogP contribution is 2.14. The number of para-hydroxylation sites is 1. The van der Waals surface area contributed by atoms with Crippen LogP contribution in [0.4, 0.5) is 5.69 Å². The summed E-state index contributed by atoms with van der Waals surface area (Å²) in [5.74, 6) is -0.0805. The minimum Gasteiger partial charge on any atom is -0.309 e. The lowest BCUT2D eigenvalue weighted by Gasteiger charge is -2.20. The minimum absolute atomic E-state index is 0.0805. The predicted octanol–water partition coefficient (Wildman–Crippen LogP) is 2.78. The van der Waals surface area contributed by atoms with Crippen LogP contribution in [0.1, 0.15) is 6.42 Å². The molecule has 1 amide bonds. The van der Waals surface area contributed by atoms with Crippen LogP contribution in [0, 0.1) is 0 Å². The van der Waals surface area contributed by atoms with Crippen molar-refractivity contribution in [3.63, 3.8) is 0 Å². The maximum atomic E-state index is 11.6. The van der Waals surface area contributed by atoms with Gasteiger partial charge in [-0.2, -0.15) is 0 Å². The quantitative estimate of drug-likeness (QED) is 0.530. The Morgan fingerprint density at radius 3 is 2.47 bits per heavy atom. The molecule has 0 aliphatic carbocycles. The molecule has 15 heavy (non-hydrogen) atoms. The van der Waals surface area contributed by atoms with Gasteiger partial charge in [0.1, 0.15) is 0 Å². The van der Waals surface area contributed by atoms with Crippen molar-refractivity contribution < 1.29 is 4.79 Å². The van der Waals surface area contributed by atoms with Crippen LogP contribution >= 0.6 is 0 Å². The molecule has 0 bridgehead atoms. The van der Waals surface area contributed by atoms with Gasteiger partial charge in [0.2, 0.25) is 5.91 Å². The average Bonchev–Trinajstić information content (AvgIpc) is 2.30. The molecule has 0 N–H and O–H groups in total. The largest absolute Gasteiger partial charge is 0.309 e. The Bertz CT molecular complexity index is 343. The Kier molecular flexibility index (Phi) is 4.35. The molecule has 0 aromatic heterocycles. The first kappa shape index (κ1) is 11.2. The van der Waals surface area contributed by atoms with Crippen LogP contribution in [-0.2, 0) is 4.79 Å². The third-order valence-corrected chi connectivity index (χ3v) is 2.07. The second-order valence-electron chi connectivity index (χ2n) is 3.11.